The molecule has 0 spiro atoms. The van der Waals surface area contributed by atoms with Crippen molar-refractivity contribution in [2.45, 2.75) is 64.6 Å². The minimum Gasteiger partial charge on any atom is -0.444 e. The highest BCUT2D eigenvalue weighted by molar-refractivity contribution is 5.68. The fourth-order valence-electron chi connectivity index (χ4n) is 3.42. The number of nitrogens with zero attached hydrogens (tertiary/aromatic N) is 2. The van der Waals surface area contributed by atoms with Crippen molar-refractivity contribution in [1.29, 1.82) is 0 Å². The SMILES string of the molecule is CC1CNCc2ccc(NC3CCN(C(=O)OC(C)(C)C)CC3)nc21. The van der Waals surface area contributed by atoms with Crippen LogP contribution < -0.4 is 10.6 Å². The molecule has 138 valence electrons. The summed E-state index contributed by atoms with van der Waals surface area (Å²) in [6.07, 6.45) is 1.61. The topological polar surface area (TPSA) is 66.5 Å². The second kappa shape index (κ2) is 7.20. The van der Waals surface area contributed by atoms with E-state index in [4.69, 9.17) is 9.72 Å². The number of carbonyl (C=O) groups is 1. The summed E-state index contributed by atoms with van der Waals surface area (Å²) in [6.45, 7) is 11.2. The lowest BCUT2D eigenvalue weighted by Crippen LogP contribution is -2.44. The Morgan fingerprint density at radius 2 is 2.04 bits per heavy atom. The molecule has 1 amide bonds. The van der Waals surface area contributed by atoms with Gasteiger partial charge in [0.15, 0.2) is 0 Å². The molecule has 3 rings (SSSR count). The highest BCUT2D eigenvalue weighted by atomic mass is 16.6. The van der Waals surface area contributed by atoms with Crippen molar-refractivity contribution in [3.8, 4) is 0 Å². The zero-order chi connectivity index (χ0) is 18.0. The summed E-state index contributed by atoms with van der Waals surface area (Å²) < 4.78 is 5.45. The molecule has 6 heteroatoms. The Balaban J connectivity index is 1.54. The number of aromatic nitrogens is 1. The van der Waals surface area contributed by atoms with Crippen LogP contribution in [0.1, 0.15) is 57.7 Å². The van der Waals surface area contributed by atoms with E-state index in [2.05, 4.69) is 29.7 Å². The number of nitrogens with one attached hydrogen (secondary N) is 2. The molecule has 0 saturated carbocycles. The summed E-state index contributed by atoms with van der Waals surface area (Å²) in [4.78, 5) is 18.8. The van der Waals surface area contributed by atoms with Crippen LogP contribution in [0.3, 0.4) is 0 Å². The fourth-order valence-corrected chi connectivity index (χ4v) is 3.42. The number of rotatable bonds is 2. The lowest BCUT2D eigenvalue weighted by Gasteiger charge is -2.34. The summed E-state index contributed by atoms with van der Waals surface area (Å²) >= 11 is 0. The molecule has 3 heterocycles. The standard InChI is InChI=1S/C19H30N4O2/c1-13-11-20-12-14-5-6-16(22-17(13)14)21-15-7-9-23(10-8-15)18(24)25-19(2,3)4/h5-6,13,15,20H,7-12H2,1-4H3,(H,21,22). The van der Waals surface area contributed by atoms with Crippen LogP contribution in [0.15, 0.2) is 12.1 Å². The van der Waals surface area contributed by atoms with Gasteiger partial charge < -0.3 is 20.3 Å². The van der Waals surface area contributed by atoms with Crippen molar-refractivity contribution in [1.82, 2.24) is 15.2 Å². The van der Waals surface area contributed by atoms with E-state index in [0.29, 0.717) is 12.0 Å². The number of ether oxygens (including phenoxy) is 1. The number of piperidine rings is 1. The number of amides is 1. The molecule has 6 nitrogen and oxygen atoms in total. The average molecular weight is 346 g/mol. The van der Waals surface area contributed by atoms with E-state index in [1.807, 2.05) is 20.8 Å². The van der Waals surface area contributed by atoms with Gasteiger partial charge in [-0.05, 0) is 45.2 Å². The molecule has 2 aliphatic heterocycles. The van der Waals surface area contributed by atoms with Gasteiger partial charge in [0.1, 0.15) is 11.4 Å². The molecule has 1 atom stereocenters. The number of anilines is 1. The van der Waals surface area contributed by atoms with Crippen LogP contribution >= 0.6 is 0 Å². The van der Waals surface area contributed by atoms with Crippen molar-refractivity contribution < 1.29 is 9.53 Å². The van der Waals surface area contributed by atoms with Gasteiger partial charge in [0.25, 0.3) is 0 Å². The van der Waals surface area contributed by atoms with Crippen LogP contribution in [-0.2, 0) is 11.3 Å². The first-order valence-corrected chi connectivity index (χ1v) is 9.27. The number of likely N-dealkylation sites (tertiary alicyclic amines) is 1. The fraction of sp³-hybridized carbons (Fsp3) is 0.684. The smallest absolute Gasteiger partial charge is 0.410 e. The van der Waals surface area contributed by atoms with Crippen LogP contribution in [0.4, 0.5) is 10.6 Å². The van der Waals surface area contributed by atoms with E-state index in [0.717, 1.165) is 44.8 Å². The molecule has 0 bridgehead atoms. The third kappa shape index (κ3) is 4.63. The van der Waals surface area contributed by atoms with Gasteiger partial charge in [-0.15, -0.1) is 0 Å². The molecule has 1 fully saturated rings. The van der Waals surface area contributed by atoms with Gasteiger partial charge in [-0.25, -0.2) is 9.78 Å². The summed E-state index contributed by atoms with van der Waals surface area (Å²) in [7, 11) is 0. The van der Waals surface area contributed by atoms with Crippen LogP contribution in [0.5, 0.6) is 0 Å². The monoisotopic (exact) mass is 346 g/mol. The first-order valence-electron chi connectivity index (χ1n) is 9.27. The molecule has 0 radical (unpaired) electrons. The van der Waals surface area contributed by atoms with Crippen LogP contribution in [0.25, 0.3) is 0 Å². The first kappa shape index (κ1) is 18.0. The van der Waals surface area contributed by atoms with Crippen molar-refractivity contribution >= 4 is 11.9 Å². The highest BCUT2D eigenvalue weighted by Crippen LogP contribution is 2.24. The van der Waals surface area contributed by atoms with Crippen LogP contribution in [0.2, 0.25) is 0 Å². The predicted octanol–water partition coefficient (Wildman–Crippen LogP) is 3.10. The van der Waals surface area contributed by atoms with E-state index in [1.165, 1.54) is 11.3 Å². The zero-order valence-corrected chi connectivity index (χ0v) is 15.8. The summed E-state index contributed by atoms with van der Waals surface area (Å²) in [5.74, 6) is 1.39. The van der Waals surface area contributed by atoms with E-state index < -0.39 is 5.60 Å². The molecular formula is C19H30N4O2. The van der Waals surface area contributed by atoms with Gasteiger partial charge >= 0.3 is 6.09 Å². The second-order valence-electron chi connectivity index (χ2n) is 8.16. The Labute approximate surface area is 150 Å². The maximum absolute atomic E-state index is 12.1. The second-order valence-corrected chi connectivity index (χ2v) is 8.16. The van der Waals surface area contributed by atoms with Gasteiger partial charge in [0.05, 0.1) is 5.69 Å². The average Bonchev–Trinajstić information content (AvgIpc) is 2.55. The molecule has 1 aromatic rings. The first-order chi connectivity index (χ1) is 11.8. The summed E-state index contributed by atoms with van der Waals surface area (Å²) in [6, 6.07) is 4.59. The maximum atomic E-state index is 12.1. The van der Waals surface area contributed by atoms with Crippen LogP contribution in [-0.4, -0.2) is 47.3 Å². The molecule has 1 aromatic heterocycles. The van der Waals surface area contributed by atoms with Gasteiger partial charge in [0, 0.05) is 38.1 Å². The Morgan fingerprint density at radius 3 is 2.72 bits per heavy atom. The van der Waals surface area contributed by atoms with Gasteiger partial charge in [-0.1, -0.05) is 13.0 Å². The van der Waals surface area contributed by atoms with E-state index >= 15 is 0 Å². The van der Waals surface area contributed by atoms with E-state index in [1.54, 1.807) is 4.90 Å². The minimum absolute atomic E-state index is 0.209. The van der Waals surface area contributed by atoms with Crippen molar-refractivity contribution in [3.05, 3.63) is 23.4 Å². The summed E-state index contributed by atoms with van der Waals surface area (Å²) in [5, 5.41) is 6.96. The zero-order valence-electron chi connectivity index (χ0n) is 15.8. The molecule has 0 aromatic carbocycles. The minimum atomic E-state index is -0.440. The number of hydrogen-bond acceptors (Lipinski definition) is 5. The molecule has 25 heavy (non-hydrogen) atoms. The normalized spacial score (nSPS) is 21.6. The molecular weight excluding hydrogens is 316 g/mol. The number of carbonyl (C=O) groups excluding carboxylic acids is 1. The van der Waals surface area contributed by atoms with Crippen molar-refractivity contribution in [3.63, 3.8) is 0 Å². The van der Waals surface area contributed by atoms with Gasteiger partial charge in [-0.2, -0.15) is 0 Å². The quantitative estimate of drug-likeness (QED) is 0.861. The third-order valence-corrected chi connectivity index (χ3v) is 4.74. The van der Waals surface area contributed by atoms with Crippen molar-refractivity contribution in [2.75, 3.05) is 25.0 Å². The third-order valence-electron chi connectivity index (χ3n) is 4.74. The van der Waals surface area contributed by atoms with Gasteiger partial charge in [0.2, 0.25) is 0 Å². The Kier molecular flexibility index (Phi) is 5.18. The lowest BCUT2D eigenvalue weighted by atomic mass is 9.98. The number of fused-ring (bicyclic) bond motifs is 1. The Morgan fingerprint density at radius 1 is 1.32 bits per heavy atom. The Hall–Kier alpha value is -1.82. The molecule has 2 N–H and O–H groups in total. The van der Waals surface area contributed by atoms with E-state index in [-0.39, 0.29) is 6.09 Å². The molecule has 1 unspecified atom stereocenters. The van der Waals surface area contributed by atoms with E-state index in [9.17, 15) is 4.79 Å². The number of pyridine rings is 1. The number of hydrogen-bond donors (Lipinski definition) is 2. The Bertz CT molecular complexity index is 618. The van der Waals surface area contributed by atoms with Gasteiger partial charge in [-0.3, -0.25) is 0 Å². The molecule has 0 aliphatic carbocycles. The maximum Gasteiger partial charge on any atom is 0.410 e. The largest absolute Gasteiger partial charge is 0.444 e. The molecule has 2 aliphatic rings. The lowest BCUT2D eigenvalue weighted by molar-refractivity contribution is 0.0210. The highest BCUT2D eigenvalue weighted by Gasteiger charge is 2.27. The van der Waals surface area contributed by atoms with Crippen molar-refractivity contribution in [2.24, 2.45) is 0 Å². The van der Waals surface area contributed by atoms with Crippen LogP contribution in [0, 0.1) is 0 Å². The molecule has 1 saturated heterocycles. The predicted molar refractivity (Wildman–Crippen MR) is 98.8 cm³/mol. The summed E-state index contributed by atoms with van der Waals surface area (Å²) in [5.41, 5.74) is 2.06.